The van der Waals surface area contributed by atoms with Crippen molar-refractivity contribution in [2.45, 2.75) is 69.7 Å². The average molecular weight is 681 g/mol. The highest BCUT2D eigenvalue weighted by Crippen LogP contribution is 2.41. The maximum absolute atomic E-state index is 13.1. The summed E-state index contributed by atoms with van der Waals surface area (Å²) in [6.07, 6.45) is 16.5. The van der Waals surface area contributed by atoms with Gasteiger partial charge in [-0.15, -0.1) is 0 Å². The summed E-state index contributed by atoms with van der Waals surface area (Å²) >= 11 is 0. The summed E-state index contributed by atoms with van der Waals surface area (Å²) in [7, 11) is -4.04. The van der Waals surface area contributed by atoms with Gasteiger partial charge in [0.2, 0.25) is 15.9 Å². The van der Waals surface area contributed by atoms with Crippen molar-refractivity contribution in [3.63, 3.8) is 0 Å². The van der Waals surface area contributed by atoms with Crippen LogP contribution < -0.4 is 4.72 Å². The minimum atomic E-state index is -4.04. The Bertz CT molecular complexity index is 1910. The summed E-state index contributed by atoms with van der Waals surface area (Å²) in [5, 5.41) is 10.8. The third kappa shape index (κ3) is 8.43. The minimum absolute atomic E-state index is 0.00358. The predicted octanol–water partition coefficient (Wildman–Crippen LogP) is 7.09. The molecule has 1 heterocycles. The molecule has 1 amide bonds. The Kier molecular flexibility index (Phi) is 10.8. The molecule has 1 fully saturated rings. The van der Waals surface area contributed by atoms with Crippen LogP contribution in [0.15, 0.2) is 90.1 Å². The Morgan fingerprint density at radius 2 is 1.59 bits per heavy atom. The molecule has 1 atom stereocenters. The number of amides is 1. The van der Waals surface area contributed by atoms with Gasteiger partial charge in [0, 0.05) is 35.5 Å². The molecule has 0 aliphatic heterocycles. The zero-order chi connectivity index (χ0) is 34.4. The summed E-state index contributed by atoms with van der Waals surface area (Å²) in [6, 6.07) is 19.3. The summed E-state index contributed by atoms with van der Waals surface area (Å²) < 4.78 is 28.6. The van der Waals surface area contributed by atoms with Crippen molar-refractivity contribution < 1.29 is 23.1 Å². The zero-order valence-electron chi connectivity index (χ0n) is 27.9. The minimum Gasteiger partial charge on any atom is -0.480 e. The third-order valence-electron chi connectivity index (χ3n) is 10.3. The molecule has 256 valence electrons. The molecule has 2 aliphatic rings. The lowest BCUT2D eigenvalue weighted by atomic mass is 9.71. The second-order valence-electron chi connectivity index (χ2n) is 13.4. The summed E-state index contributed by atoms with van der Waals surface area (Å²) in [5.41, 5.74) is 3.88. The molecule has 3 aromatic carbocycles. The number of carbonyl (C=O) groups excluding carboxylic acids is 1. The maximum atomic E-state index is 13.1. The molecule has 6 rings (SSSR count). The van der Waals surface area contributed by atoms with Crippen LogP contribution in [0.5, 0.6) is 0 Å². The number of aromatic nitrogens is 2. The number of carbonyl (C=O) groups is 2. The van der Waals surface area contributed by atoms with Gasteiger partial charge in [-0.1, -0.05) is 92.9 Å². The maximum Gasteiger partial charge on any atom is 0.323 e. The predicted molar refractivity (Wildman–Crippen MR) is 191 cm³/mol. The van der Waals surface area contributed by atoms with E-state index < -0.39 is 35.0 Å². The summed E-state index contributed by atoms with van der Waals surface area (Å²) in [6.45, 7) is 1.17. The molecule has 9 nitrogen and oxygen atoms in total. The average Bonchev–Trinajstić information content (AvgIpc) is 3.13. The van der Waals surface area contributed by atoms with Gasteiger partial charge in [0.25, 0.3) is 0 Å². The molecule has 10 heteroatoms. The van der Waals surface area contributed by atoms with Crippen molar-refractivity contribution in [1.82, 2.24) is 19.6 Å². The number of hydrogen-bond donors (Lipinski definition) is 2. The standard InChI is InChI=1S/C39H44N4O5S/c1-2-27-10-14-29(15-11-27)30-18-20-31(21-19-30)34-22-40-39(41-23-34)33-16-12-28(13-17-33)25-43(26-38(45)46)37(44)24-42-49(47,48)36-9-5-7-32-6-3-4-8-35(32)36/h3-9,12-13,16-17,20,22-23,27,29-30,42H,2,10-11,14-15,18-19,21,24-26H2,1H3,(H,45,46)/t27-,29-,30?. The van der Waals surface area contributed by atoms with Gasteiger partial charge in [-0.2, -0.15) is 0 Å². The van der Waals surface area contributed by atoms with E-state index in [-0.39, 0.29) is 11.4 Å². The second kappa shape index (κ2) is 15.4. The van der Waals surface area contributed by atoms with Gasteiger partial charge in [-0.3, -0.25) is 9.59 Å². The number of rotatable bonds is 12. The lowest BCUT2D eigenvalue weighted by Gasteiger charge is -2.35. The van der Waals surface area contributed by atoms with E-state index >= 15 is 0 Å². The van der Waals surface area contributed by atoms with Gasteiger partial charge in [-0.05, 0) is 72.4 Å². The molecule has 0 saturated heterocycles. The fraction of sp³-hybridized carbons (Fsp3) is 0.385. The van der Waals surface area contributed by atoms with Crippen LogP contribution in [-0.2, 0) is 26.2 Å². The monoisotopic (exact) mass is 680 g/mol. The number of hydrogen-bond acceptors (Lipinski definition) is 6. The normalized spacial score (nSPS) is 19.7. The van der Waals surface area contributed by atoms with Crippen LogP contribution in [0, 0.1) is 17.8 Å². The first-order valence-corrected chi connectivity index (χ1v) is 18.8. The second-order valence-corrected chi connectivity index (χ2v) is 15.1. The van der Waals surface area contributed by atoms with E-state index in [0.717, 1.165) is 52.0 Å². The molecule has 1 unspecified atom stereocenters. The molecule has 49 heavy (non-hydrogen) atoms. The number of carboxylic acids is 1. The van der Waals surface area contributed by atoms with Crippen molar-refractivity contribution in [1.29, 1.82) is 0 Å². The van der Waals surface area contributed by atoms with Gasteiger partial charge in [0.1, 0.15) is 6.54 Å². The Morgan fingerprint density at radius 1 is 0.878 bits per heavy atom. The number of nitrogens with zero attached hydrogens (tertiary/aromatic N) is 3. The molecule has 1 aromatic heterocycles. The van der Waals surface area contributed by atoms with Crippen LogP contribution in [0.2, 0.25) is 0 Å². The van der Waals surface area contributed by atoms with E-state index in [1.54, 1.807) is 30.3 Å². The van der Waals surface area contributed by atoms with E-state index in [2.05, 4.69) is 27.7 Å². The van der Waals surface area contributed by atoms with Crippen LogP contribution in [0.3, 0.4) is 0 Å². The third-order valence-corrected chi connectivity index (χ3v) is 11.8. The number of sulfonamides is 1. The number of allylic oxidation sites excluding steroid dienone is 2. The Hall–Kier alpha value is -4.41. The highest BCUT2D eigenvalue weighted by atomic mass is 32.2. The van der Waals surface area contributed by atoms with E-state index in [1.807, 2.05) is 42.7 Å². The summed E-state index contributed by atoms with van der Waals surface area (Å²) in [4.78, 5) is 35.2. The van der Waals surface area contributed by atoms with Crippen molar-refractivity contribution in [2.75, 3.05) is 13.1 Å². The van der Waals surface area contributed by atoms with E-state index in [9.17, 15) is 23.1 Å². The first-order chi connectivity index (χ1) is 23.7. The van der Waals surface area contributed by atoms with E-state index in [1.165, 1.54) is 50.2 Å². The van der Waals surface area contributed by atoms with Gasteiger partial charge < -0.3 is 10.0 Å². The Labute approximate surface area is 288 Å². The Morgan fingerprint density at radius 3 is 2.27 bits per heavy atom. The molecule has 2 aliphatic carbocycles. The van der Waals surface area contributed by atoms with Crippen LogP contribution in [0.25, 0.3) is 27.7 Å². The topological polar surface area (TPSA) is 130 Å². The molecule has 0 bridgehead atoms. The lowest BCUT2D eigenvalue weighted by Crippen LogP contribution is -2.42. The smallest absolute Gasteiger partial charge is 0.323 e. The fourth-order valence-corrected chi connectivity index (χ4v) is 8.61. The van der Waals surface area contributed by atoms with E-state index in [4.69, 9.17) is 0 Å². The van der Waals surface area contributed by atoms with Crippen LogP contribution in [0.1, 0.15) is 69.4 Å². The van der Waals surface area contributed by atoms with Crippen molar-refractivity contribution in [3.05, 3.63) is 96.3 Å². The summed E-state index contributed by atoms with van der Waals surface area (Å²) in [5.74, 6) is 1.32. The molecule has 0 spiro atoms. The number of benzene rings is 3. The van der Waals surface area contributed by atoms with Gasteiger partial charge >= 0.3 is 5.97 Å². The highest BCUT2D eigenvalue weighted by Gasteiger charge is 2.28. The van der Waals surface area contributed by atoms with Crippen LogP contribution in [0.4, 0.5) is 0 Å². The van der Waals surface area contributed by atoms with Crippen LogP contribution >= 0.6 is 0 Å². The Balaban J connectivity index is 1.06. The quantitative estimate of drug-likeness (QED) is 0.163. The molecule has 0 radical (unpaired) electrons. The van der Waals surface area contributed by atoms with Gasteiger partial charge in [-0.25, -0.2) is 23.1 Å². The number of fused-ring (bicyclic) bond motifs is 1. The SMILES string of the molecule is CC[C@H]1CC[C@H](C2CC=C(c3cnc(-c4ccc(CN(CC(=O)O)C(=O)CNS(=O)(=O)c5cccc6ccccc56)cc4)nc3)CC2)CC1. The number of nitrogens with one attached hydrogen (secondary N) is 1. The van der Waals surface area contributed by atoms with Crippen molar-refractivity contribution >= 4 is 38.2 Å². The molecule has 1 saturated carbocycles. The number of carboxylic acid groups (broad SMARTS) is 1. The lowest BCUT2D eigenvalue weighted by molar-refractivity contribution is -0.144. The van der Waals surface area contributed by atoms with Crippen molar-refractivity contribution in [3.8, 4) is 11.4 Å². The zero-order valence-corrected chi connectivity index (χ0v) is 28.7. The van der Waals surface area contributed by atoms with Crippen LogP contribution in [-0.4, -0.2) is 53.4 Å². The van der Waals surface area contributed by atoms with E-state index in [0.29, 0.717) is 16.8 Å². The molecular weight excluding hydrogens is 637 g/mol. The first kappa shape index (κ1) is 34.5. The first-order valence-electron chi connectivity index (χ1n) is 17.3. The number of aliphatic carboxylic acids is 1. The fourth-order valence-electron chi connectivity index (χ4n) is 7.41. The molecule has 2 N–H and O–H groups in total. The van der Waals surface area contributed by atoms with Gasteiger partial charge in [0.15, 0.2) is 5.82 Å². The molecular formula is C39H44N4O5S. The van der Waals surface area contributed by atoms with Crippen molar-refractivity contribution in [2.24, 2.45) is 17.8 Å². The van der Waals surface area contributed by atoms with Gasteiger partial charge in [0.05, 0.1) is 11.4 Å². The highest BCUT2D eigenvalue weighted by molar-refractivity contribution is 7.89. The molecule has 4 aromatic rings. The largest absolute Gasteiger partial charge is 0.480 e.